The number of hydrogen-bond acceptors (Lipinski definition) is 3. The first kappa shape index (κ1) is 28.8. The summed E-state index contributed by atoms with van der Waals surface area (Å²) in [6, 6.07) is 9.90. The van der Waals surface area contributed by atoms with E-state index in [2.05, 4.69) is 15.4 Å². The van der Waals surface area contributed by atoms with E-state index in [0.29, 0.717) is 24.0 Å². The van der Waals surface area contributed by atoms with Crippen molar-refractivity contribution >= 4 is 22.8 Å². The lowest BCUT2D eigenvalue weighted by Crippen LogP contribution is -2.41. The van der Waals surface area contributed by atoms with Crippen LogP contribution in [0.4, 0.5) is 17.6 Å². The van der Waals surface area contributed by atoms with E-state index in [4.69, 9.17) is 0 Å². The maximum absolute atomic E-state index is 13.3. The number of benzene rings is 2. The van der Waals surface area contributed by atoms with Crippen molar-refractivity contribution in [2.24, 2.45) is 5.92 Å². The van der Waals surface area contributed by atoms with Crippen molar-refractivity contribution in [3.05, 3.63) is 65.5 Å². The fourth-order valence-electron chi connectivity index (χ4n) is 4.34. The van der Waals surface area contributed by atoms with Gasteiger partial charge in [0.2, 0.25) is 11.8 Å². The fourth-order valence-corrected chi connectivity index (χ4v) is 5.39. The molecule has 2 aromatic rings. The average molecular weight is 542 g/mol. The Morgan fingerprint density at radius 3 is 2.41 bits per heavy atom. The molecule has 1 saturated carbocycles. The Kier molecular flexibility index (Phi) is 10.6. The summed E-state index contributed by atoms with van der Waals surface area (Å²) in [4.78, 5) is 24.9. The summed E-state index contributed by atoms with van der Waals surface area (Å²) >= 11 is 0. The van der Waals surface area contributed by atoms with Gasteiger partial charge in [0.05, 0.1) is 10.5 Å². The van der Waals surface area contributed by atoms with E-state index in [-0.39, 0.29) is 25.4 Å². The first-order valence-corrected chi connectivity index (χ1v) is 13.4. The van der Waals surface area contributed by atoms with Gasteiger partial charge in [-0.25, -0.2) is 13.3 Å². The van der Waals surface area contributed by atoms with E-state index in [0.717, 1.165) is 31.4 Å². The zero-order chi connectivity index (χ0) is 26.8. The van der Waals surface area contributed by atoms with Crippen LogP contribution < -0.4 is 15.4 Å². The van der Waals surface area contributed by atoms with Gasteiger partial charge in [0.1, 0.15) is 22.8 Å². The van der Waals surface area contributed by atoms with E-state index >= 15 is 0 Å². The Bertz CT molecular complexity index is 1080. The van der Waals surface area contributed by atoms with Gasteiger partial charge in [0.15, 0.2) is 0 Å². The molecule has 2 aromatic carbocycles. The maximum Gasteiger partial charge on any atom is 0.417 e. The second kappa shape index (κ2) is 13.7. The highest BCUT2D eigenvalue weighted by Gasteiger charge is 2.35. The zero-order valence-corrected chi connectivity index (χ0v) is 21.1. The number of amides is 2. The van der Waals surface area contributed by atoms with Gasteiger partial charge in [-0.3, -0.25) is 9.59 Å². The van der Waals surface area contributed by atoms with E-state index in [1.807, 2.05) is 0 Å². The van der Waals surface area contributed by atoms with Gasteiger partial charge in [-0.2, -0.15) is 13.2 Å². The number of carbonyl (C=O) groups is 2. The first-order valence-electron chi connectivity index (χ1n) is 12.3. The molecule has 2 amide bonds. The van der Waals surface area contributed by atoms with Crippen LogP contribution in [0.25, 0.3) is 0 Å². The minimum Gasteiger partial charge on any atom is -0.354 e. The smallest absolute Gasteiger partial charge is 0.354 e. The van der Waals surface area contributed by atoms with E-state index < -0.39 is 45.4 Å². The normalized spacial score (nSPS) is 15.8. The largest absolute Gasteiger partial charge is 0.417 e. The highest BCUT2D eigenvalue weighted by Crippen LogP contribution is 2.33. The molecule has 3 rings (SSSR count). The Morgan fingerprint density at radius 2 is 1.73 bits per heavy atom. The fraction of sp³-hybridized carbons (Fsp3) is 0.462. The molecule has 37 heavy (non-hydrogen) atoms. The maximum atomic E-state index is 13.3. The Morgan fingerprint density at radius 1 is 1.03 bits per heavy atom. The minimum absolute atomic E-state index is 0.0331. The number of rotatable bonds is 12. The number of nitrogens with one attached hydrogen (secondary N) is 3. The molecule has 6 nitrogen and oxygen atoms in total. The Balaban J connectivity index is 1.49. The topological polar surface area (TPSA) is 87.3 Å². The third-order valence-corrected chi connectivity index (χ3v) is 7.51. The molecule has 1 aliphatic rings. The van der Waals surface area contributed by atoms with Crippen LogP contribution in [0.3, 0.4) is 0 Å². The predicted octanol–water partition coefficient (Wildman–Crippen LogP) is 4.79. The van der Waals surface area contributed by atoms with Crippen molar-refractivity contribution in [3.8, 4) is 0 Å². The quantitative estimate of drug-likeness (QED) is 0.267. The van der Waals surface area contributed by atoms with Gasteiger partial charge in [0.25, 0.3) is 0 Å². The van der Waals surface area contributed by atoms with Gasteiger partial charge >= 0.3 is 6.18 Å². The number of hydrogen-bond donors (Lipinski definition) is 3. The zero-order valence-electron chi connectivity index (χ0n) is 20.3. The van der Waals surface area contributed by atoms with Crippen molar-refractivity contribution in [3.63, 3.8) is 0 Å². The molecule has 0 saturated heterocycles. The van der Waals surface area contributed by atoms with Gasteiger partial charge in [-0.1, -0.05) is 56.0 Å². The van der Waals surface area contributed by atoms with Gasteiger partial charge in [-0.05, 0) is 42.5 Å². The van der Waals surface area contributed by atoms with Crippen molar-refractivity contribution < 1.29 is 31.4 Å². The highest BCUT2D eigenvalue weighted by atomic mass is 32.2. The summed E-state index contributed by atoms with van der Waals surface area (Å²) in [7, 11) is -2.22. The van der Waals surface area contributed by atoms with Crippen molar-refractivity contribution in [2.75, 3.05) is 13.1 Å². The highest BCUT2D eigenvalue weighted by molar-refractivity contribution is 7.83. The first-order chi connectivity index (χ1) is 17.6. The van der Waals surface area contributed by atoms with Crippen molar-refractivity contribution in [1.82, 2.24) is 15.4 Å². The van der Waals surface area contributed by atoms with Crippen molar-refractivity contribution in [1.29, 1.82) is 0 Å². The van der Waals surface area contributed by atoms with E-state index in [1.54, 1.807) is 30.3 Å². The van der Waals surface area contributed by atoms with Crippen LogP contribution in [-0.2, 0) is 26.8 Å². The van der Waals surface area contributed by atoms with Crippen LogP contribution in [0.2, 0.25) is 0 Å². The van der Waals surface area contributed by atoms with E-state index in [1.165, 1.54) is 12.8 Å². The molecule has 11 heteroatoms. The van der Waals surface area contributed by atoms with Crippen LogP contribution in [0.1, 0.15) is 62.1 Å². The van der Waals surface area contributed by atoms with Crippen LogP contribution in [-0.4, -0.2) is 29.1 Å². The molecule has 0 aromatic heterocycles. The molecule has 0 radical (unpaired) electrons. The summed E-state index contributed by atoms with van der Waals surface area (Å²) in [6.45, 7) is 0.172. The summed E-state index contributed by atoms with van der Waals surface area (Å²) < 4.78 is 67.5. The molecule has 2 atom stereocenters. The van der Waals surface area contributed by atoms with Gasteiger partial charge < -0.3 is 10.6 Å². The molecule has 0 bridgehead atoms. The third-order valence-electron chi connectivity index (χ3n) is 6.29. The standard InChI is InChI=1S/C26H31F4N3O3S/c27-20-12-13-22(21(17-20)26(28,29)30)37(36)32-16-6-15-31-25(35)24(19-9-2-1-3-10-19)33-23(34)14-11-18-7-4-5-8-18/h1-3,9-10,12-13,17-18,24,32H,4-8,11,14-16H2,(H,31,35)(H,33,34). The molecule has 0 aliphatic heterocycles. The average Bonchev–Trinajstić information content (AvgIpc) is 3.39. The van der Waals surface area contributed by atoms with Crippen LogP contribution in [0, 0.1) is 11.7 Å². The summed E-state index contributed by atoms with van der Waals surface area (Å²) in [5, 5.41) is 5.53. The third kappa shape index (κ3) is 8.92. The van der Waals surface area contributed by atoms with Crippen molar-refractivity contribution in [2.45, 2.75) is 62.1 Å². The molecule has 0 spiro atoms. The van der Waals surface area contributed by atoms with Gasteiger partial charge in [-0.15, -0.1) is 0 Å². The number of halogens is 4. The molecular weight excluding hydrogens is 510 g/mol. The second-order valence-electron chi connectivity index (χ2n) is 9.05. The summed E-state index contributed by atoms with van der Waals surface area (Å²) in [6.07, 6.45) is 1.20. The lowest BCUT2D eigenvalue weighted by molar-refractivity contribution is -0.140. The molecular formula is C26H31F4N3O3S. The molecule has 1 aliphatic carbocycles. The number of alkyl halides is 3. The molecule has 1 fully saturated rings. The molecule has 2 unspecified atom stereocenters. The Labute approximate surface area is 216 Å². The lowest BCUT2D eigenvalue weighted by atomic mass is 10.0. The van der Waals surface area contributed by atoms with Crippen LogP contribution in [0.5, 0.6) is 0 Å². The molecule has 3 N–H and O–H groups in total. The minimum atomic E-state index is -4.85. The number of carbonyl (C=O) groups excluding carboxylic acids is 2. The summed E-state index contributed by atoms with van der Waals surface area (Å²) in [5.74, 6) is -1.14. The van der Waals surface area contributed by atoms with Crippen LogP contribution in [0.15, 0.2) is 53.4 Å². The monoisotopic (exact) mass is 541 g/mol. The van der Waals surface area contributed by atoms with Crippen LogP contribution >= 0.6 is 0 Å². The second-order valence-corrected chi connectivity index (χ2v) is 10.3. The SMILES string of the molecule is O=C(CCC1CCCC1)NC(C(=O)NCCCNS(=O)c1ccc(F)cc1C(F)(F)F)c1ccccc1. The molecule has 0 heterocycles. The van der Waals surface area contributed by atoms with Gasteiger partial charge in [0, 0.05) is 19.5 Å². The summed E-state index contributed by atoms with van der Waals surface area (Å²) in [5.41, 5.74) is -0.676. The molecule has 202 valence electrons. The Hall–Kier alpha value is -2.79. The lowest BCUT2D eigenvalue weighted by Gasteiger charge is -2.19. The predicted molar refractivity (Wildman–Crippen MR) is 132 cm³/mol. The van der Waals surface area contributed by atoms with E-state index in [9.17, 15) is 31.4 Å².